The minimum atomic E-state index is -3.73. The highest BCUT2D eigenvalue weighted by Crippen LogP contribution is 2.29. The van der Waals surface area contributed by atoms with Gasteiger partial charge < -0.3 is 10.2 Å². The summed E-state index contributed by atoms with van der Waals surface area (Å²) in [5.74, 6) is -0.442. The van der Waals surface area contributed by atoms with Crippen LogP contribution in [0, 0.1) is 0 Å². The first-order valence-corrected chi connectivity index (χ1v) is 10.3. The molecule has 1 fully saturated rings. The summed E-state index contributed by atoms with van der Waals surface area (Å²) >= 11 is 0. The van der Waals surface area contributed by atoms with E-state index in [9.17, 15) is 18.0 Å². The van der Waals surface area contributed by atoms with Crippen LogP contribution in [0.1, 0.15) is 23.2 Å². The molecule has 1 saturated heterocycles. The van der Waals surface area contributed by atoms with Crippen LogP contribution in [0.4, 0.5) is 11.4 Å². The molecule has 0 atom stereocenters. The summed E-state index contributed by atoms with van der Waals surface area (Å²) in [6.45, 7) is 4.18. The average molecular weight is 399 g/mol. The highest BCUT2D eigenvalue weighted by Gasteiger charge is 2.24. The summed E-state index contributed by atoms with van der Waals surface area (Å²) in [7, 11) is -3.73. The van der Waals surface area contributed by atoms with Gasteiger partial charge in [-0.1, -0.05) is 24.3 Å². The molecule has 0 bridgehead atoms. The maximum atomic E-state index is 12.7. The molecule has 146 valence electrons. The van der Waals surface area contributed by atoms with Gasteiger partial charge in [0.25, 0.3) is 5.91 Å². The van der Waals surface area contributed by atoms with Crippen molar-refractivity contribution in [3.05, 3.63) is 66.7 Å². The van der Waals surface area contributed by atoms with E-state index in [0.29, 0.717) is 24.3 Å². The van der Waals surface area contributed by atoms with E-state index in [1.54, 1.807) is 29.2 Å². The van der Waals surface area contributed by atoms with Crippen molar-refractivity contribution in [1.29, 1.82) is 0 Å². The van der Waals surface area contributed by atoms with Gasteiger partial charge in [0, 0.05) is 25.1 Å². The monoisotopic (exact) mass is 399 g/mol. The molecule has 0 radical (unpaired) electrons. The molecule has 0 unspecified atom stereocenters. The molecule has 2 aromatic rings. The van der Waals surface area contributed by atoms with Crippen molar-refractivity contribution >= 4 is 33.2 Å². The van der Waals surface area contributed by atoms with E-state index >= 15 is 0 Å². The third-order valence-corrected chi connectivity index (χ3v) is 5.76. The molecule has 2 amide bonds. The number of nitrogens with one attached hydrogen (secondary N) is 2. The second-order valence-electron chi connectivity index (χ2n) is 6.29. The van der Waals surface area contributed by atoms with Gasteiger partial charge >= 0.3 is 0 Å². The van der Waals surface area contributed by atoms with Crippen LogP contribution in [0.15, 0.2) is 66.1 Å². The molecule has 0 aromatic heterocycles. The van der Waals surface area contributed by atoms with Crippen molar-refractivity contribution in [3.63, 3.8) is 0 Å². The third-order valence-electron chi connectivity index (χ3n) is 4.34. The molecule has 0 spiro atoms. The summed E-state index contributed by atoms with van der Waals surface area (Å²) in [4.78, 5) is 26.4. The maximum Gasteiger partial charge on any atom is 0.255 e. The molecule has 1 aliphatic heterocycles. The summed E-state index contributed by atoms with van der Waals surface area (Å²) < 4.78 is 26.9. The van der Waals surface area contributed by atoms with Gasteiger partial charge in [-0.25, -0.2) is 13.1 Å². The summed E-state index contributed by atoms with van der Waals surface area (Å²) in [5, 5.41) is 2.78. The predicted molar refractivity (Wildman–Crippen MR) is 108 cm³/mol. The SMILES string of the molecule is C=CCNS(=O)(=O)c1cccc(C(=O)Nc2ccccc2N2CCCC2=O)c1. The van der Waals surface area contributed by atoms with Crippen LogP contribution in [-0.4, -0.2) is 33.3 Å². The molecule has 3 rings (SSSR count). The Morgan fingerprint density at radius 3 is 2.68 bits per heavy atom. The fourth-order valence-electron chi connectivity index (χ4n) is 2.97. The Hall–Kier alpha value is -2.97. The zero-order chi connectivity index (χ0) is 20.1. The molecule has 2 aromatic carbocycles. The second kappa shape index (κ2) is 8.37. The molecular weight excluding hydrogens is 378 g/mol. The number of anilines is 2. The molecule has 1 aliphatic rings. The number of nitrogens with zero attached hydrogens (tertiary/aromatic N) is 1. The minimum Gasteiger partial charge on any atom is -0.320 e. The van der Waals surface area contributed by atoms with E-state index in [1.807, 2.05) is 0 Å². The number of sulfonamides is 1. The van der Waals surface area contributed by atoms with E-state index in [1.165, 1.54) is 30.3 Å². The molecule has 0 aliphatic carbocycles. The molecule has 7 nitrogen and oxygen atoms in total. The van der Waals surface area contributed by atoms with Crippen LogP contribution in [0.5, 0.6) is 0 Å². The standard InChI is InChI=1S/C20H21N3O4S/c1-2-12-21-28(26,27)16-8-5-7-15(14-16)20(25)22-17-9-3-4-10-18(17)23-13-6-11-19(23)24/h2-5,7-10,14,21H,1,6,11-13H2,(H,22,25). The second-order valence-corrected chi connectivity index (χ2v) is 8.06. The zero-order valence-electron chi connectivity index (χ0n) is 15.2. The van der Waals surface area contributed by atoms with Gasteiger partial charge in [0.2, 0.25) is 15.9 Å². The number of hydrogen-bond acceptors (Lipinski definition) is 4. The zero-order valence-corrected chi connectivity index (χ0v) is 16.0. The van der Waals surface area contributed by atoms with Crippen molar-refractivity contribution in [2.24, 2.45) is 0 Å². The molecule has 8 heteroatoms. The first-order chi connectivity index (χ1) is 13.4. The Labute approximate surface area is 164 Å². The molecule has 1 heterocycles. The smallest absolute Gasteiger partial charge is 0.255 e. The largest absolute Gasteiger partial charge is 0.320 e. The predicted octanol–water partition coefficient (Wildman–Crippen LogP) is 2.53. The lowest BCUT2D eigenvalue weighted by atomic mass is 10.2. The van der Waals surface area contributed by atoms with Crippen molar-refractivity contribution in [3.8, 4) is 0 Å². The van der Waals surface area contributed by atoms with E-state index in [2.05, 4.69) is 16.6 Å². The Morgan fingerprint density at radius 2 is 1.96 bits per heavy atom. The first-order valence-electron chi connectivity index (χ1n) is 8.84. The maximum absolute atomic E-state index is 12.7. The number of carbonyl (C=O) groups excluding carboxylic acids is 2. The number of hydrogen-bond donors (Lipinski definition) is 2. The number of rotatable bonds is 7. The Kier molecular flexibility index (Phi) is 5.91. The van der Waals surface area contributed by atoms with Crippen LogP contribution in [0.2, 0.25) is 0 Å². The van der Waals surface area contributed by atoms with Crippen molar-refractivity contribution < 1.29 is 18.0 Å². The molecular formula is C20H21N3O4S. The number of para-hydroxylation sites is 2. The Balaban J connectivity index is 1.84. The van der Waals surface area contributed by atoms with Gasteiger partial charge in [-0.2, -0.15) is 0 Å². The van der Waals surface area contributed by atoms with Gasteiger partial charge in [-0.3, -0.25) is 9.59 Å². The Bertz CT molecular complexity index is 1020. The van der Waals surface area contributed by atoms with Gasteiger partial charge in [-0.15, -0.1) is 6.58 Å². The first kappa shape index (κ1) is 19.8. The normalized spacial score (nSPS) is 14.1. The lowest BCUT2D eigenvalue weighted by Gasteiger charge is -2.20. The van der Waals surface area contributed by atoms with E-state index < -0.39 is 15.9 Å². The van der Waals surface area contributed by atoms with Crippen LogP contribution >= 0.6 is 0 Å². The quantitative estimate of drug-likeness (QED) is 0.700. The van der Waals surface area contributed by atoms with Crippen molar-refractivity contribution in [2.75, 3.05) is 23.3 Å². The van der Waals surface area contributed by atoms with Crippen LogP contribution in [0.3, 0.4) is 0 Å². The number of benzene rings is 2. The average Bonchev–Trinajstić information content (AvgIpc) is 3.12. The van der Waals surface area contributed by atoms with Gasteiger partial charge in [-0.05, 0) is 36.8 Å². The Morgan fingerprint density at radius 1 is 1.18 bits per heavy atom. The summed E-state index contributed by atoms with van der Waals surface area (Å²) in [5.41, 5.74) is 1.33. The molecule has 0 saturated carbocycles. The lowest BCUT2D eigenvalue weighted by molar-refractivity contribution is -0.117. The lowest BCUT2D eigenvalue weighted by Crippen LogP contribution is -2.26. The summed E-state index contributed by atoms with van der Waals surface area (Å²) in [6, 6.07) is 12.8. The fraction of sp³-hybridized carbons (Fsp3) is 0.200. The van der Waals surface area contributed by atoms with Crippen molar-refractivity contribution in [2.45, 2.75) is 17.7 Å². The van der Waals surface area contributed by atoms with Crippen LogP contribution in [0.25, 0.3) is 0 Å². The van der Waals surface area contributed by atoms with Gasteiger partial charge in [0.05, 0.1) is 16.3 Å². The topological polar surface area (TPSA) is 95.6 Å². The van der Waals surface area contributed by atoms with E-state index in [-0.39, 0.29) is 22.9 Å². The van der Waals surface area contributed by atoms with Gasteiger partial charge in [0.15, 0.2) is 0 Å². The fourth-order valence-corrected chi connectivity index (χ4v) is 4.01. The summed E-state index contributed by atoms with van der Waals surface area (Å²) in [6.07, 6.45) is 2.70. The number of carbonyl (C=O) groups is 2. The highest BCUT2D eigenvalue weighted by atomic mass is 32.2. The van der Waals surface area contributed by atoms with Crippen LogP contribution < -0.4 is 14.9 Å². The number of amides is 2. The van der Waals surface area contributed by atoms with Gasteiger partial charge in [0.1, 0.15) is 0 Å². The highest BCUT2D eigenvalue weighted by molar-refractivity contribution is 7.89. The van der Waals surface area contributed by atoms with Crippen LogP contribution in [-0.2, 0) is 14.8 Å². The minimum absolute atomic E-state index is 0.00925. The third kappa shape index (κ3) is 4.29. The molecule has 28 heavy (non-hydrogen) atoms. The molecule has 2 N–H and O–H groups in total. The van der Waals surface area contributed by atoms with Crippen molar-refractivity contribution in [1.82, 2.24) is 4.72 Å². The van der Waals surface area contributed by atoms with E-state index in [4.69, 9.17) is 0 Å². The van der Waals surface area contributed by atoms with E-state index in [0.717, 1.165) is 6.42 Å².